The molecule has 2 heterocycles. The summed E-state index contributed by atoms with van der Waals surface area (Å²) in [6, 6.07) is 10.8. The highest BCUT2D eigenvalue weighted by Crippen LogP contribution is 2.39. The van der Waals surface area contributed by atoms with Crippen LogP contribution in [0.5, 0.6) is 11.5 Å². The number of benzene rings is 2. The molecule has 0 saturated carbocycles. The second kappa shape index (κ2) is 6.59. The Morgan fingerprint density at radius 3 is 2.92 bits per heavy atom. The SMILES string of the molecule is C[C@@H](C(=O)O)N1CCOc2c(O)cc(-c3nc4ccccc4s3)cc2C1. The number of carboxylic acid groups (broad SMARTS) is 1. The minimum atomic E-state index is -0.875. The second-order valence-corrected chi connectivity index (χ2v) is 7.33. The fraction of sp³-hybridized carbons (Fsp3) is 0.263. The van der Waals surface area contributed by atoms with E-state index in [0.717, 1.165) is 26.4 Å². The van der Waals surface area contributed by atoms with Crippen LogP contribution in [-0.4, -0.2) is 45.3 Å². The fourth-order valence-electron chi connectivity index (χ4n) is 3.13. The van der Waals surface area contributed by atoms with E-state index in [9.17, 15) is 15.0 Å². The third-order valence-electron chi connectivity index (χ3n) is 4.59. The standard InChI is InChI=1S/C19H18N2O4S/c1-11(19(23)24)21-6-7-25-17-13(10-21)8-12(9-15(17)22)18-20-14-4-2-3-5-16(14)26-18/h2-5,8-9,11,22H,6-7,10H2,1H3,(H,23,24)/t11-/m0/s1. The number of carboxylic acids is 1. The van der Waals surface area contributed by atoms with Crippen LogP contribution >= 0.6 is 11.3 Å². The number of aliphatic carboxylic acids is 1. The Bertz CT molecular complexity index is 952. The Labute approximate surface area is 154 Å². The monoisotopic (exact) mass is 370 g/mol. The van der Waals surface area contributed by atoms with Crippen molar-refractivity contribution in [3.8, 4) is 22.1 Å². The van der Waals surface area contributed by atoms with Gasteiger partial charge >= 0.3 is 5.97 Å². The lowest BCUT2D eigenvalue weighted by atomic mass is 10.1. The third-order valence-corrected chi connectivity index (χ3v) is 5.68. The molecule has 3 aromatic rings. The first-order valence-electron chi connectivity index (χ1n) is 8.34. The van der Waals surface area contributed by atoms with Crippen molar-refractivity contribution in [3.63, 3.8) is 0 Å². The number of para-hydroxylation sites is 1. The molecule has 1 atom stereocenters. The second-order valence-electron chi connectivity index (χ2n) is 6.30. The fourth-order valence-corrected chi connectivity index (χ4v) is 4.08. The number of carbonyl (C=O) groups is 1. The van der Waals surface area contributed by atoms with Gasteiger partial charge in [0, 0.05) is 24.2 Å². The van der Waals surface area contributed by atoms with Gasteiger partial charge in [0.05, 0.1) is 10.2 Å². The number of aromatic hydroxyl groups is 1. The molecule has 2 aromatic carbocycles. The number of ether oxygens (including phenoxy) is 1. The van der Waals surface area contributed by atoms with Crippen LogP contribution in [0.25, 0.3) is 20.8 Å². The summed E-state index contributed by atoms with van der Waals surface area (Å²) in [5, 5.41) is 20.6. The maximum Gasteiger partial charge on any atom is 0.320 e. The van der Waals surface area contributed by atoms with Crippen LogP contribution in [0.3, 0.4) is 0 Å². The quantitative estimate of drug-likeness (QED) is 0.736. The highest BCUT2D eigenvalue weighted by molar-refractivity contribution is 7.21. The van der Waals surface area contributed by atoms with E-state index >= 15 is 0 Å². The molecule has 1 aromatic heterocycles. The molecule has 0 saturated heterocycles. The zero-order chi connectivity index (χ0) is 18.3. The third kappa shape index (κ3) is 3.00. The van der Waals surface area contributed by atoms with E-state index in [1.165, 1.54) is 0 Å². The minimum Gasteiger partial charge on any atom is -0.504 e. The van der Waals surface area contributed by atoms with Gasteiger partial charge in [-0.25, -0.2) is 4.98 Å². The average molecular weight is 370 g/mol. The Morgan fingerprint density at radius 1 is 1.35 bits per heavy atom. The van der Waals surface area contributed by atoms with E-state index < -0.39 is 12.0 Å². The summed E-state index contributed by atoms with van der Waals surface area (Å²) in [6.07, 6.45) is 0. The molecule has 4 rings (SSSR count). The van der Waals surface area contributed by atoms with Crippen molar-refractivity contribution in [2.24, 2.45) is 0 Å². The largest absolute Gasteiger partial charge is 0.504 e. The van der Waals surface area contributed by atoms with Crippen molar-refractivity contribution < 1.29 is 19.7 Å². The molecular formula is C19H18N2O4S. The van der Waals surface area contributed by atoms with Gasteiger partial charge in [0.15, 0.2) is 11.5 Å². The highest BCUT2D eigenvalue weighted by atomic mass is 32.1. The van der Waals surface area contributed by atoms with E-state index in [-0.39, 0.29) is 5.75 Å². The molecule has 1 aliphatic rings. The van der Waals surface area contributed by atoms with E-state index in [2.05, 4.69) is 4.98 Å². The van der Waals surface area contributed by atoms with Gasteiger partial charge in [-0.3, -0.25) is 9.69 Å². The summed E-state index contributed by atoms with van der Waals surface area (Å²) in [5.41, 5.74) is 2.49. The van der Waals surface area contributed by atoms with Gasteiger partial charge in [-0.2, -0.15) is 0 Å². The molecule has 0 fully saturated rings. The molecule has 134 valence electrons. The minimum absolute atomic E-state index is 0.0570. The molecule has 0 radical (unpaired) electrons. The summed E-state index contributed by atoms with van der Waals surface area (Å²) in [6.45, 7) is 2.87. The number of hydrogen-bond donors (Lipinski definition) is 2. The maximum atomic E-state index is 11.3. The molecule has 0 aliphatic carbocycles. The van der Waals surface area contributed by atoms with E-state index in [4.69, 9.17) is 4.74 Å². The first-order chi connectivity index (χ1) is 12.5. The smallest absolute Gasteiger partial charge is 0.320 e. The molecule has 6 nitrogen and oxygen atoms in total. The van der Waals surface area contributed by atoms with Crippen LogP contribution in [-0.2, 0) is 11.3 Å². The molecule has 1 aliphatic heterocycles. The number of thiazole rings is 1. The zero-order valence-corrected chi connectivity index (χ0v) is 15.0. The van der Waals surface area contributed by atoms with Crippen molar-refractivity contribution in [1.29, 1.82) is 0 Å². The molecule has 0 spiro atoms. The van der Waals surface area contributed by atoms with Crippen LogP contribution in [0, 0.1) is 0 Å². The molecule has 2 N–H and O–H groups in total. The van der Waals surface area contributed by atoms with Gasteiger partial charge in [0.25, 0.3) is 0 Å². The van der Waals surface area contributed by atoms with Crippen LogP contribution in [0.4, 0.5) is 0 Å². The maximum absolute atomic E-state index is 11.3. The number of fused-ring (bicyclic) bond motifs is 2. The lowest BCUT2D eigenvalue weighted by Gasteiger charge is -2.23. The first kappa shape index (κ1) is 16.8. The topological polar surface area (TPSA) is 82.9 Å². The van der Waals surface area contributed by atoms with Crippen molar-refractivity contribution in [2.45, 2.75) is 19.5 Å². The number of hydrogen-bond acceptors (Lipinski definition) is 6. The Kier molecular flexibility index (Phi) is 4.26. The first-order valence-corrected chi connectivity index (χ1v) is 9.16. The predicted octanol–water partition coefficient (Wildman–Crippen LogP) is 3.34. The van der Waals surface area contributed by atoms with Gasteiger partial charge in [-0.1, -0.05) is 12.1 Å². The van der Waals surface area contributed by atoms with Crippen LogP contribution in [0.1, 0.15) is 12.5 Å². The van der Waals surface area contributed by atoms with Gasteiger partial charge in [0.2, 0.25) is 0 Å². The van der Waals surface area contributed by atoms with Crippen LogP contribution < -0.4 is 4.74 Å². The molecular weight excluding hydrogens is 352 g/mol. The number of aromatic nitrogens is 1. The molecule has 26 heavy (non-hydrogen) atoms. The van der Waals surface area contributed by atoms with Gasteiger partial charge in [-0.05, 0) is 31.2 Å². The number of nitrogens with zero attached hydrogens (tertiary/aromatic N) is 2. The normalized spacial score (nSPS) is 15.9. The van der Waals surface area contributed by atoms with Crippen molar-refractivity contribution in [3.05, 3.63) is 42.0 Å². The average Bonchev–Trinajstić information content (AvgIpc) is 2.94. The Morgan fingerprint density at radius 2 is 2.15 bits per heavy atom. The molecule has 0 bridgehead atoms. The van der Waals surface area contributed by atoms with Crippen molar-refractivity contribution in [2.75, 3.05) is 13.2 Å². The number of phenols is 1. The lowest BCUT2D eigenvalue weighted by Crippen LogP contribution is -2.39. The van der Waals surface area contributed by atoms with Crippen molar-refractivity contribution in [1.82, 2.24) is 9.88 Å². The summed E-state index contributed by atoms with van der Waals surface area (Å²) in [4.78, 5) is 17.8. The predicted molar refractivity (Wildman–Crippen MR) is 99.7 cm³/mol. The number of phenolic OH excluding ortho intramolecular Hbond substituents is 1. The Hall–Kier alpha value is -2.64. The summed E-state index contributed by atoms with van der Waals surface area (Å²) in [7, 11) is 0. The molecule has 0 amide bonds. The van der Waals surface area contributed by atoms with Crippen LogP contribution in [0.15, 0.2) is 36.4 Å². The molecule has 7 heteroatoms. The summed E-state index contributed by atoms with van der Waals surface area (Å²) in [5.74, 6) is -0.392. The zero-order valence-electron chi connectivity index (χ0n) is 14.2. The summed E-state index contributed by atoms with van der Waals surface area (Å²) < 4.78 is 6.77. The number of rotatable bonds is 3. The van der Waals surface area contributed by atoms with Crippen molar-refractivity contribution >= 4 is 27.5 Å². The van der Waals surface area contributed by atoms with Gasteiger partial charge < -0.3 is 14.9 Å². The lowest BCUT2D eigenvalue weighted by molar-refractivity contribution is -0.142. The molecule has 0 unspecified atom stereocenters. The highest BCUT2D eigenvalue weighted by Gasteiger charge is 2.26. The Balaban J connectivity index is 1.75. The van der Waals surface area contributed by atoms with E-state index in [1.807, 2.05) is 35.2 Å². The van der Waals surface area contributed by atoms with Crippen LogP contribution in [0.2, 0.25) is 0 Å². The van der Waals surface area contributed by atoms with E-state index in [1.54, 1.807) is 24.3 Å². The van der Waals surface area contributed by atoms with Gasteiger partial charge in [-0.15, -0.1) is 11.3 Å². The van der Waals surface area contributed by atoms with Gasteiger partial charge in [0.1, 0.15) is 17.7 Å². The van der Waals surface area contributed by atoms with E-state index in [0.29, 0.717) is 25.4 Å². The summed E-state index contributed by atoms with van der Waals surface area (Å²) >= 11 is 1.56.